The molecule has 1 unspecified atom stereocenters. The second kappa shape index (κ2) is 9.04. The van der Waals surface area contributed by atoms with Crippen molar-refractivity contribution in [3.05, 3.63) is 65.0 Å². The summed E-state index contributed by atoms with van der Waals surface area (Å²) in [6, 6.07) is 13.1. The predicted octanol–water partition coefficient (Wildman–Crippen LogP) is 5.91. The van der Waals surface area contributed by atoms with E-state index in [0.29, 0.717) is 5.92 Å². The van der Waals surface area contributed by atoms with E-state index in [1.807, 2.05) is 38.7 Å². The molecule has 1 N–H and O–H groups in total. The minimum absolute atomic E-state index is 0.121. The third-order valence-corrected chi connectivity index (χ3v) is 9.04. The van der Waals surface area contributed by atoms with E-state index in [1.54, 1.807) is 11.3 Å². The Kier molecular flexibility index (Phi) is 5.93. The van der Waals surface area contributed by atoms with Gasteiger partial charge in [-0.25, -0.2) is 4.68 Å². The molecule has 0 bridgehead atoms. The van der Waals surface area contributed by atoms with Gasteiger partial charge in [0.1, 0.15) is 11.2 Å². The zero-order valence-electron chi connectivity index (χ0n) is 22.0. The first-order valence-corrected chi connectivity index (χ1v) is 13.7. The number of thiophene rings is 1. The van der Waals surface area contributed by atoms with Crippen LogP contribution in [0, 0.1) is 19.8 Å². The van der Waals surface area contributed by atoms with E-state index in [0.717, 1.165) is 54.0 Å². The first kappa shape index (κ1) is 24.3. The first-order chi connectivity index (χ1) is 17.8. The van der Waals surface area contributed by atoms with Gasteiger partial charge in [-0.05, 0) is 63.6 Å². The average Bonchev–Trinajstić information content (AvgIpc) is 3.50. The van der Waals surface area contributed by atoms with Gasteiger partial charge < -0.3 is 14.4 Å². The molecule has 5 aromatic rings. The number of benzene rings is 1. The molecule has 1 aromatic carbocycles. The van der Waals surface area contributed by atoms with Crippen molar-refractivity contribution in [1.29, 1.82) is 0 Å². The lowest BCUT2D eigenvalue weighted by atomic mass is 9.86. The second-order valence-corrected chi connectivity index (χ2v) is 11.7. The number of aliphatic hydroxyl groups is 1. The van der Waals surface area contributed by atoms with Crippen LogP contribution in [0.25, 0.3) is 31.8 Å². The Morgan fingerprint density at radius 3 is 2.51 bits per heavy atom. The SMILES string of the molecule is Cc1nnn(C)c1-c1sc2c3ncc(C(C)(C)O)cc3n(C(c3ccccc3)C3CCOCC3)c2c1C. The maximum atomic E-state index is 10.9. The highest BCUT2D eigenvalue weighted by atomic mass is 32.1. The molecule has 192 valence electrons. The number of fused-ring (bicyclic) bond motifs is 3. The molecule has 0 radical (unpaired) electrons. The number of rotatable bonds is 5. The second-order valence-electron chi connectivity index (χ2n) is 10.7. The molecule has 4 aromatic heterocycles. The fourth-order valence-electron chi connectivity index (χ4n) is 5.82. The summed E-state index contributed by atoms with van der Waals surface area (Å²) in [5.41, 5.74) is 7.55. The molecule has 5 heterocycles. The van der Waals surface area contributed by atoms with Crippen molar-refractivity contribution >= 4 is 32.6 Å². The third-order valence-electron chi connectivity index (χ3n) is 7.75. The van der Waals surface area contributed by atoms with E-state index in [9.17, 15) is 5.11 Å². The standard InChI is InChI=1S/C29H33N5O2S/c1-17-24-28(37-27(17)25-18(2)31-32-33(25)5)23-22(15-21(16-30-23)29(3,4)35)34(24)26(19-9-7-6-8-10-19)20-11-13-36-14-12-20/h6-10,15-16,20,26,35H,11-14H2,1-5H3. The topological polar surface area (TPSA) is 78.0 Å². The predicted molar refractivity (Wildman–Crippen MR) is 148 cm³/mol. The number of hydrogen-bond acceptors (Lipinski definition) is 6. The lowest BCUT2D eigenvalue weighted by Crippen LogP contribution is -2.27. The molecule has 1 fully saturated rings. The van der Waals surface area contributed by atoms with Gasteiger partial charge in [-0.3, -0.25) is 4.98 Å². The van der Waals surface area contributed by atoms with Gasteiger partial charge in [0.15, 0.2) is 0 Å². The number of aromatic nitrogens is 5. The molecule has 6 rings (SSSR count). The number of pyridine rings is 1. The molecule has 1 aliphatic heterocycles. The fraction of sp³-hybridized carbons (Fsp3) is 0.414. The van der Waals surface area contributed by atoms with E-state index in [1.165, 1.54) is 26.2 Å². The highest BCUT2D eigenvalue weighted by Crippen LogP contribution is 2.47. The molecule has 7 nitrogen and oxygen atoms in total. The highest BCUT2D eigenvalue weighted by Gasteiger charge is 2.33. The van der Waals surface area contributed by atoms with Gasteiger partial charge in [0.2, 0.25) is 0 Å². The summed E-state index contributed by atoms with van der Waals surface area (Å²) in [4.78, 5) is 6.14. The quantitative estimate of drug-likeness (QED) is 0.315. The first-order valence-electron chi connectivity index (χ1n) is 12.9. The lowest BCUT2D eigenvalue weighted by molar-refractivity contribution is 0.0552. The van der Waals surface area contributed by atoms with Crippen molar-refractivity contribution in [2.24, 2.45) is 13.0 Å². The summed E-state index contributed by atoms with van der Waals surface area (Å²) in [6.07, 6.45) is 3.82. The average molecular weight is 516 g/mol. The molecule has 0 spiro atoms. The van der Waals surface area contributed by atoms with Gasteiger partial charge in [0, 0.05) is 32.0 Å². The van der Waals surface area contributed by atoms with Crippen LogP contribution in [-0.4, -0.2) is 42.9 Å². The zero-order chi connectivity index (χ0) is 25.9. The van der Waals surface area contributed by atoms with E-state index in [-0.39, 0.29) is 6.04 Å². The van der Waals surface area contributed by atoms with Gasteiger partial charge in [-0.15, -0.1) is 16.4 Å². The Hall–Kier alpha value is -3.07. The summed E-state index contributed by atoms with van der Waals surface area (Å²) in [5, 5.41) is 19.5. The summed E-state index contributed by atoms with van der Waals surface area (Å²) in [5.74, 6) is 0.420. The van der Waals surface area contributed by atoms with Crippen molar-refractivity contribution < 1.29 is 9.84 Å². The summed E-state index contributed by atoms with van der Waals surface area (Å²) in [7, 11) is 1.95. The minimum Gasteiger partial charge on any atom is -0.386 e. The summed E-state index contributed by atoms with van der Waals surface area (Å²) < 4.78 is 11.3. The molecule has 1 aliphatic rings. The van der Waals surface area contributed by atoms with Crippen LogP contribution >= 0.6 is 11.3 Å². The van der Waals surface area contributed by atoms with Gasteiger partial charge in [0.05, 0.1) is 37.9 Å². The van der Waals surface area contributed by atoms with Gasteiger partial charge >= 0.3 is 0 Å². The number of nitrogens with zero attached hydrogens (tertiary/aromatic N) is 5. The van der Waals surface area contributed by atoms with Crippen LogP contribution in [0.15, 0.2) is 42.6 Å². The van der Waals surface area contributed by atoms with E-state index < -0.39 is 5.60 Å². The molecule has 0 aliphatic carbocycles. The molecular formula is C29H33N5O2S. The normalized spacial score (nSPS) is 16.2. The van der Waals surface area contributed by atoms with Crippen molar-refractivity contribution in [3.63, 3.8) is 0 Å². The molecule has 8 heteroatoms. The van der Waals surface area contributed by atoms with E-state index in [4.69, 9.17) is 9.72 Å². The zero-order valence-corrected chi connectivity index (χ0v) is 22.8. The Morgan fingerprint density at radius 2 is 1.86 bits per heavy atom. The molecule has 1 atom stereocenters. The number of hydrogen-bond donors (Lipinski definition) is 1. The van der Waals surface area contributed by atoms with Crippen LogP contribution in [0.2, 0.25) is 0 Å². The van der Waals surface area contributed by atoms with Crippen LogP contribution < -0.4 is 0 Å². The van der Waals surface area contributed by atoms with Gasteiger partial charge in [0.25, 0.3) is 0 Å². The molecular weight excluding hydrogens is 482 g/mol. The Morgan fingerprint density at radius 1 is 1.14 bits per heavy atom. The number of aryl methyl sites for hydroxylation is 3. The van der Waals surface area contributed by atoms with Gasteiger partial charge in [-0.2, -0.15) is 0 Å². The number of ether oxygens (including phenoxy) is 1. The molecule has 0 amide bonds. The van der Waals surface area contributed by atoms with Gasteiger partial charge in [-0.1, -0.05) is 35.5 Å². The molecule has 1 saturated heterocycles. The van der Waals surface area contributed by atoms with Crippen LogP contribution in [0.1, 0.15) is 55.1 Å². The third kappa shape index (κ3) is 3.98. The van der Waals surface area contributed by atoms with Crippen LogP contribution in [0.3, 0.4) is 0 Å². The monoisotopic (exact) mass is 515 g/mol. The maximum Gasteiger partial charge on any atom is 0.106 e. The smallest absolute Gasteiger partial charge is 0.106 e. The van der Waals surface area contributed by atoms with Crippen LogP contribution in [0.5, 0.6) is 0 Å². The summed E-state index contributed by atoms with van der Waals surface area (Å²) >= 11 is 1.76. The van der Waals surface area contributed by atoms with Crippen molar-refractivity contribution in [3.8, 4) is 10.6 Å². The Balaban J connectivity index is 1.71. The molecule has 0 saturated carbocycles. The van der Waals surface area contributed by atoms with Crippen molar-refractivity contribution in [2.75, 3.05) is 13.2 Å². The van der Waals surface area contributed by atoms with Crippen LogP contribution in [0.4, 0.5) is 0 Å². The van der Waals surface area contributed by atoms with E-state index in [2.05, 4.69) is 58.2 Å². The Bertz CT molecular complexity index is 1570. The Labute approximate surface area is 220 Å². The summed E-state index contributed by atoms with van der Waals surface area (Å²) in [6.45, 7) is 9.41. The largest absolute Gasteiger partial charge is 0.386 e. The molecule has 37 heavy (non-hydrogen) atoms. The van der Waals surface area contributed by atoms with Crippen molar-refractivity contribution in [1.82, 2.24) is 24.5 Å². The lowest BCUT2D eigenvalue weighted by Gasteiger charge is -2.33. The van der Waals surface area contributed by atoms with Crippen LogP contribution in [-0.2, 0) is 17.4 Å². The maximum absolute atomic E-state index is 10.9. The van der Waals surface area contributed by atoms with Crippen molar-refractivity contribution in [2.45, 2.75) is 52.2 Å². The fourth-order valence-corrected chi connectivity index (χ4v) is 7.25. The highest BCUT2D eigenvalue weighted by molar-refractivity contribution is 7.23. The van der Waals surface area contributed by atoms with E-state index >= 15 is 0 Å². The minimum atomic E-state index is -0.984.